The van der Waals surface area contributed by atoms with Gasteiger partial charge in [-0.2, -0.15) is 0 Å². The van der Waals surface area contributed by atoms with Crippen molar-refractivity contribution in [3.63, 3.8) is 0 Å². The zero-order valence-corrected chi connectivity index (χ0v) is 8.80. The lowest BCUT2D eigenvalue weighted by molar-refractivity contribution is 0.414. The van der Waals surface area contributed by atoms with Gasteiger partial charge in [-0.1, -0.05) is 11.6 Å². The van der Waals surface area contributed by atoms with Gasteiger partial charge in [0.1, 0.15) is 0 Å². The molecule has 72 valence electrons. The molecule has 13 heavy (non-hydrogen) atoms. The van der Waals surface area contributed by atoms with Gasteiger partial charge in [0.2, 0.25) is 0 Å². The molecule has 1 rings (SSSR count). The van der Waals surface area contributed by atoms with Crippen molar-refractivity contribution in [2.45, 2.75) is 6.42 Å². The van der Waals surface area contributed by atoms with Gasteiger partial charge in [0, 0.05) is 17.3 Å². The lowest BCUT2D eigenvalue weighted by atomic mass is 10.1. The first-order chi connectivity index (χ1) is 6.09. The summed E-state index contributed by atoms with van der Waals surface area (Å²) < 4.78 is 0. The number of hydrogen-bond acceptors (Lipinski definition) is 2. The summed E-state index contributed by atoms with van der Waals surface area (Å²) in [5, 5.41) is 0.802. The standard InChI is InChI=1S/C10H15ClN2/c1-13(2)6-5-8-7-9(12)3-4-10(8)11/h3-4,7H,5-6,12H2,1-2H3. The fourth-order valence-corrected chi connectivity index (χ4v) is 1.34. The summed E-state index contributed by atoms with van der Waals surface area (Å²) in [6.07, 6.45) is 0.941. The van der Waals surface area contributed by atoms with E-state index in [-0.39, 0.29) is 0 Å². The number of nitrogens with two attached hydrogens (primary N) is 1. The number of nitrogens with zero attached hydrogens (tertiary/aromatic N) is 1. The minimum atomic E-state index is 0.776. The van der Waals surface area contributed by atoms with Crippen LogP contribution in [0.4, 0.5) is 5.69 Å². The third kappa shape index (κ3) is 3.25. The van der Waals surface area contributed by atoms with Gasteiger partial charge in [-0.3, -0.25) is 0 Å². The van der Waals surface area contributed by atoms with Gasteiger partial charge >= 0.3 is 0 Å². The van der Waals surface area contributed by atoms with Crippen molar-refractivity contribution in [1.29, 1.82) is 0 Å². The van der Waals surface area contributed by atoms with Crippen molar-refractivity contribution in [2.75, 3.05) is 26.4 Å². The van der Waals surface area contributed by atoms with Crippen molar-refractivity contribution in [3.05, 3.63) is 28.8 Å². The first kappa shape index (κ1) is 10.4. The zero-order chi connectivity index (χ0) is 9.84. The van der Waals surface area contributed by atoms with E-state index < -0.39 is 0 Å². The molecule has 0 saturated carbocycles. The van der Waals surface area contributed by atoms with Crippen molar-refractivity contribution in [3.8, 4) is 0 Å². The van der Waals surface area contributed by atoms with E-state index in [9.17, 15) is 0 Å². The van der Waals surface area contributed by atoms with Crippen molar-refractivity contribution in [2.24, 2.45) is 0 Å². The molecule has 0 fully saturated rings. The molecule has 0 radical (unpaired) electrons. The highest BCUT2D eigenvalue weighted by molar-refractivity contribution is 6.31. The van der Waals surface area contributed by atoms with Crippen LogP contribution in [0.2, 0.25) is 5.02 Å². The summed E-state index contributed by atoms with van der Waals surface area (Å²) >= 11 is 6.01. The van der Waals surface area contributed by atoms with Crippen LogP contribution in [0, 0.1) is 0 Å². The molecule has 3 heteroatoms. The fraction of sp³-hybridized carbons (Fsp3) is 0.400. The molecule has 0 aliphatic carbocycles. The number of likely N-dealkylation sites (N-methyl/N-ethyl adjacent to an activating group) is 1. The second-order valence-electron chi connectivity index (χ2n) is 3.40. The third-order valence-corrected chi connectivity index (χ3v) is 2.27. The normalized spacial score (nSPS) is 10.8. The summed E-state index contributed by atoms with van der Waals surface area (Å²) in [5.41, 5.74) is 7.56. The highest BCUT2D eigenvalue weighted by atomic mass is 35.5. The van der Waals surface area contributed by atoms with E-state index in [2.05, 4.69) is 4.90 Å². The quantitative estimate of drug-likeness (QED) is 0.754. The van der Waals surface area contributed by atoms with Crippen LogP contribution >= 0.6 is 11.6 Å². The lowest BCUT2D eigenvalue weighted by Gasteiger charge is -2.10. The maximum absolute atomic E-state index is 6.01. The SMILES string of the molecule is CN(C)CCc1cc(N)ccc1Cl. The Hall–Kier alpha value is -0.730. The van der Waals surface area contributed by atoms with Gasteiger partial charge in [-0.15, -0.1) is 0 Å². The monoisotopic (exact) mass is 198 g/mol. The molecular weight excluding hydrogens is 184 g/mol. The van der Waals surface area contributed by atoms with Crippen LogP contribution in [-0.2, 0) is 6.42 Å². The van der Waals surface area contributed by atoms with Crippen molar-refractivity contribution in [1.82, 2.24) is 4.90 Å². The van der Waals surface area contributed by atoms with Gasteiger partial charge in [-0.05, 0) is 44.3 Å². The van der Waals surface area contributed by atoms with Crippen LogP contribution in [0.1, 0.15) is 5.56 Å². The van der Waals surface area contributed by atoms with E-state index in [4.69, 9.17) is 17.3 Å². The number of halogens is 1. The van der Waals surface area contributed by atoms with Gasteiger partial charge < -0.3 is 10.6 Å². The van der Waals surface area contributed by atoms with E-state index in [0.29, 0.717) is 0 Å². The molecule has 2 nitrogen and oxygen atoms in total. The number of benzene rings is 1. The van der Waals surface area contributed by atoms with Crippen LogP contribution in [0.3, 0.4) is 0 Å². The van der Waals surface area contributed by atoms with E-state index in [1.165, 1.54) is 0 Å². The van der Waals surface area contributed by atoms with E-state index >= 15 is 0 Å². The summed E-state index contributed by atoms with van der Waals surface area (Å²) in [4.78, 5) is 2.12. The van der Waals surface area contributed by atoms with Crippen molar-refractivity contribution >= 4 is 17.3 Å². The maximum atomic E-state index is 6.01. The Labute approximate surface area is 84.3 Å². The summed E-state index contributed by atoms with van der Waals surface area (Å²) in [7, 11) is 4.08. The first-order valence-electron chi connectivity index (χ1n) is 4.28. The number of nitrogen functional groups attached to an aromatic ring is 1. The zero-order valence-electron chi connectivity index (χ0n) is 8.05. The molecule has 0 aliphatic rings. The third-order valence-electron chi connectivity index (χ3n) is 1.90. The Kier molecular flexibility index (Phi) is 3.58. The van der Waals surface area contributed by atoms with Crippen LogP contribution in [0.15, 0.2) is 18.2 Å². The van der Waals surface area contributed by atoms with E-state index in [1.54, 1.807) is 0 Å². The Morgan fingerprint density at radius 1 is 1.38 bits per heavy atom. The topological polar surface area (TPSA) is 29.3 Å². The molecule has 0 atom stereocenters. The van der Waals surface area contributed by atoms with Gasteiger partial charge in [-0.25, -0.2) is 0 Å². The smallest absolute Gasteiger partial charge is 0.0439 e. The van der Waals surface area contributed by atoms with Gasteiger partial charge in [0.15, 0.2) is 0 Å². The minimum absolute atomic E-state index is 0.776. The second-order valence-corrected chi connectivity index (χ2v) is 3.81. The minimum Gasteiger partial charge on any atom is -0.399 e. The fourth-order valence-electron chi connectivity index (χ4n) is 1.13. The molecule has 0 spiro atoms. The highest BCUT2D eigenvalue weighted by Gasteiger charge is 2.01. The largest absolute Gasteiger partial charge is 0.399 e. The molecule has 0 heterocycles. The molecule has 0 bridgehead atoms. The lowest BCUT2D eigenvalue weighted by Crippen LogP contribution is -2.15. The number of hydrogen-bond donors (Lipinski definition) is 1. The second kappa shape index (κ2) is 4.49. The summed E-state index contributed by atoms with van der Waals surface area (Å²) in [6.45, 7) is 0.989. The average Bonchev–Trinajstić information content (AvgIpc) is 2.06. The van der Waals surface area contributed by atoms with Crippen LogP contribution in [0.25, 0.3) is 0 Å². The molecule has 0 unspecified atom stereocenters. The van der Waals surface area contributed by atoms with E-state index in [0.717, 1.165) is 29.2 Å². The molecule has 1 aromatic carbocycles. The first-order valence-corrected chi connectivity index (χ1v) is 4.66. The predicted octanol–water partition coefficient (Wildman–Crippen LogP) is 2.03. The number of anilines is 1. The molecular formula is C10H15ClN2. The molecule has 0 aromatic heterocycles. The summed E-state index contributed by atoms with van der Waals surface area (Å²) in [5.74, 6) is 0. The molecule has 0 aliphatic heterocycles. The van der Waals surface area contributed by atoms with Gasteiger partial charge in [0.05, 0.1) is 0 Å². The van der Waals surface area contributed by atoms with Gasteiger partial charge in [0.25, 0.3) is 0 Å². The van der Waals surface area contributed by atoms with E-state index in [1.807, 2.05) is 32.3 Å². The molecule has 2 N–H and O–H groups in total. The highest BCUT2D eigenvalue weighted by Crippen LogP contribution is 2.19. The average molecular weight is 199 g/mol. The Morgan fingerprint density at radius 2 is 2.08 bits per heavy atom. The maximum Gasteiger partial charge on any atom is 0.0439 e. The van der Waals surface area contributed by atoms with Crippen molar-refractivity contribution < 1.29 is 0 Å². The molecule has 0 amide bonds. The Bertz CT molecular complexity index is 284. The summed E-state index contributed by atoms with van der Waals surface area (Å²) in [6, 6.07) is 5.61. The molecule has 1 aromatic rings. The van der Waals surface area contributed by atoms with Crippen LogP contribution in [0.5, 0.6) is 0 Å². The van der Waals surface area contributed by atoms with Crippen LogP contribution in [-0.4, -0.2) is 25.5 Å². The number of rotatable bonds is 3. The Morgan fingerprint density at radius 3 is 2.69 bits per heavy atom. The molecule has 0 saturated heterocycles. The van der Waals surface area contributed by atoms with Crippen LogP contribution < -0.4 is 5.73 Å². The Balaban J connectivity index is 2.70. The predicted molar refractivity (Wildman–Crippen MR) is 58.1 cm³/mol.